The highest BCUT2D eigenvalue weighted by molar-refractivity contribution is 7.90. The number of carbonyl (C=O) groups excluding carboxylic acids is 1. The van der Waals surface area contributed by atoms with Crippen LogP contribution in [0, 0.1) is 0 Å². The van der Waals surface area contributed by atoms with Gasteiger partial charge in [0.25, 0.3) is 10.0 Å². The number of para-hydroxylation sites is 1. The lowest BCUT2D eigenvalue weighted by molar-refractivity contribution is -0.254. The van der Waals surface area contributed by atoms with Crippen LogP contribution in [0.4, 0.5) is 22.4 Å². The van der Waals surface area contributed by atoms with Gasteiger partial charge >= 0.3 is 30.3 Å². The molecule has 0 fully saturated rings. The second kappa shape index (κ2) is 7.49. The molecule has 0 saturated heterocycles. The van der Waals surface area contributed by atoms with Crippen LogP contribution >= 0.6 is 0 Å². The molecule has 1 aromatic heterocycles. The first-order chi connectivity index (χ1) is 12.9. The Hall–Kier alpha value is -3.10. The fraction of sp³-hybridized carbons (Fsp3) is 0.308. The number of rotatable bonds is 6. The van der Waals surface area contributed by atoms with E-state index in [1.807, 2.05) is 0 Å². The number of benzene rings is 1. The smallest absolute Gasteiger partial charge is 0.461 e. The van der Waals surface area contributed by atoms with Gasteiger partial charge in [0, 0.05) is 7.05 Å². The summed E-state index contributed by atoms with van der Waals surface area (Å²) in [5, 5.41) is 3.43. The minimum atomic E-state index is -4.99. The van der Waals surface area contributed by atoms with Crippen molar-refractivity contribution < 1.29 is 40.2 Å². The van der Waals surface area contributed by atoms with E-state index in [9.17, 15) is 35.6 Å². The standard InChI is InChI=1S/C13H12F4N4O6S/c1-20-11(26-2)18-21(12(20)23)10(22)19-28(24,25)8-6-4-3-5-7(8)27-13(16,17)9(14)15/h3-6,9H,1-2H3,(H,19,22). The van der Waals surface area contributed by atoms with Crippen molar-refractivity contribution in [3.63, 3.8) is 0 Å². The van der Waals surface area contributed by atoms with Crippen molar-refractivity contribution in [2.45, 2.75) is 17.4 Å². The lowest BCUT2D eigenvalue weighted by atomic mass is 10.3. The quantitative estimate of drug-likeness (QED) is 0.675. The van der Waals surface area contributed by atoms with Crippen molar-refractivity contribution in [2.24, 2.45) is 7.05 Å². The van der Waals surface area contributed by atoms with Crippen molar-refractivity contribution in [1.82, 2.24) is 19.1 Å². The molecule has 0 unspecified atom stereocenters. The predicted molar refractivity (Wildman–Crippen MR) is 83.2 cm³/mol. The van der Waals surface area contributed by atoms with Crippen LogP contribution in [0.25, 0.3) is 0 Å². The summed E-state index contributed by atoms with van der Waals surface area (Å²) in [4.78, 5) is 22.9. The molecular formula is C13H12F4N4O6S. The highest BCUT2D eigenvalue weighted by Crippen LogP contribution is 2.31. The average Bonchev–Trinajstić information content (AvgIpc) is 2.89. The number of methoxy groups -OCH3 is 1. The van der Waals surface area contributed by atoms with Crippen LogP contribution in [-0.4, -0.2) is 48.4 Å². The number of aromatic nitrogens is 3. The molecule has 1 amide bonds. The number of halogens is 4. The second-order valence-electron chi connectivity index (χ2n) is 5.06. The Kier molecular flexibility index (Phi) is 5.67. The van der Waals surface area contributed by atoms with Gasteiger partial charge in [-0.2, -0.15) is 17.6 Å². The van der Waals surface area contributed by atoms with E-state index in [-0.39, 0.29) is 10.7 Å². The number of sulfonamides is 1. The van der Waals surface area contributed by atoms with Crippen LogP contribution in [-0.2, 0) is 17.1 Å². The van der Waals surface area contributed by atoms with Gasteiger partial charge < -0.3 is 9.47 Å². The third-order valence-corrected chi connectivity index (χ3v) is 4.54. The second-order valence-corrected chi connectivity index (χ2v) is 6.71. The van der Waals surface area contributed by atoms with E-state index in [0.29, 0.717) is 6.07 Å². The van der Waals surface area contributed by atoms with Gasteiger partial charge in [-0.25, -0.2) is 27.3 Å². The van der Waals surface area contributed by atoms with Gasteiger partial charge in [-0.3, -0.25) is 0 Å². The monoisotopic (exact) mass is 428 g/mol. The fourth-order valence-electron chi connectivity index (χ4n) is 1.89. The van der Waals surface area contributed by atoms with Crippen LogP contribution in [0.3, 0.4) is 0 Å². The molecule has 0 bridgehead atoms. The third kappa shape index (κ3) is 4.08. The van der Waals surface area contributed by atoms with Gasteiger partial charge in [0.1, 0.15) is 10.6 Å². The maximum absolute atomic E-state index is 13.1. The van der Waals surface area contributed by atoms with Crippen molar-refractivity contribution in [3.05, 3.63) is 34.7 Å². The molecule has 1 heterocycles. The Balaban J connectivity index is 2.39. The van der Waals surface area contributed by atoms with E-state index in [0.717, 1.165) is 29.9 Å². The Morgan fingerprint density at radius 1 is 1.29 bits per heavy atom. The third-order valence-electron chi connectivity index (χ3n) is 3.18. The molecule has 0 atom stereocenters. The first kappa shape index (κ1) is 21.2. The molecule has 2 rings (SSSR count). The van der Waals surface area contributed by atoms with Gasteiger partial charge in [-0.15, -0.1) is 9.78 Å². The molecule has 28 heavy (non-hydrogen) atoms. The summed E-state index contributed by atoms with van der Waals surface area (Å²) in [7, 11) is -2.60. The highest BCUT2D eigenvalue weighted by atomic mass is 32.2. The van der Waals surface area contributed by atoms with Gasteiger partial charge in [0.2, 0.25) is 0 Å². The molecule has 154 valence electrons. The lowest BCUT2D eigenvalue weighted by Gasteiger charge is -2.19. The Bertz CT molecular complexity index is 1050. The molecule has 0 saturated carbocycles. The molecule has 0 aliphatic carbocycles. The summed E-state index contributed by atoms with van der Waals surface area (Å²) < 4.78 is 86.4. The summed E-state index contributed by atoms with van der Waals surface area (Å²) in [5.41, 5.74) is -1.07. The zero-order chi connectivity index (χ0) is 21.3. The van der Waals surface area contributed by atoms with Crippen LogP contribution in [0.2, 0.25) is 0 Å². The van der Waals surface area contributed by atoms with Crippen LogP contribution in [0.15, 0.2) is 34.0 Å². The molecule has 1 aromatic carbocycles. The number of hydrogen-bond donors (Lipinski definition) is 1. The first-order valence-corrected chi connectivity index (χ1v) is 8.60. The molecule has 0 radical (unpaired) electrons. The number of nitrogens with one attached hydrogen (secondary N) is 1. The number of nitrogens with zero attached hydrogens (tertiary/aromatic N) is 3. The van der Waals surface area contributed by atoms with E-state index in [1.165, 1.54) is 11.8 Å². The van der Waals surface area contributed by atoms with E-state index in [1.54, 1.807) is 0 Å². The molecule has 0 spiro atoms. The molecule has 0 aliphatic heterocycles. The van der Waals surface area contributed by atoms with E-state index in [4.69, 9.17) is 4.74 Å². The number of amides is 1. The molecule has 0 aliphatic rings. The van der Waals surface area contributed by atoms with E-state index >= 15 is 0 Å². The first-order valence-electron chi connectivity index (χ1n) is 7.12. The number of alkyl halides is 4. The maximum atomic E-state index is 13.1. The Morgan fingerprint density at radius 2 is 1.89 bits per heavy atom. The lowest BCUT2D eigenvalue weighted by Crippen LogP contribution is -2.41. The van der Waals surface area contributed by atoms with Gasteiger partial charge in [-0.05, 0) is 12.1 Å². The topological polar surface area (TPSA) is 122 Å². The molecule has 1 N–H and O–H groups in total. The highest BCUT2D eigenvalue weighted by Gasteiger charge is 2.45. The number of hydrogen-bond acceptors (Lipinski definition) is 7. The molecule has 10 nitrogen and oxygen atoms in total. The van der Waals surface area contributed by atoms with Crippen molar-refractivity contribution in [1.29, 1.82) is 0 Å². The SMILES string of the molecule is COc1nn(C(=O)NS(=O)(=O)c2ccccc2OC(F)(F)C(F)F)c(=O)n1C. The van der Waals surface area contributed by atoms with Gasteiger partial charge in [0.05, 0.1) is 7.11 Å². The summed E-state index contributed by atoms with van der Waals surface area (Å²) in [6.07, 6.45) is -9.22. The zero-order valence-electron chi connectivity index (χ0n) is 14.1. The number of ether oxygens (including phenoxy) is 2. The normalized spacial score (nSPS) is 12.1. The summed E-state index contributed by atoms with van der Waals surface area (Å²) in [6, 6.07) is 1.64. The summed E-state index contributed by atoms with van der Waals surface area (Å²) in [6.45, 7) is 0. The minimum Gasteiger partial charge on any atom is -0.467 e. The van der Waals surface area contributed by atoms with Crippen LogP contribution in [0.5, 0.6) is 11.8 Å². The Labute approximate surface area is 154 Å². The molecule has 15 heteroatoms. The number of carbonyl (C=O) groups is 1. The van der Waals surface area contributed by atoms with Crippen LogP contribution < -0.4 is 19.9 Å². The fourth-order valence-corrected chi connectivity index (χ4v) is 2.95. The van der Waals surface area contributed by atoms with Crippen molar-refractivity contribution in [3.8, 4) is 11.8 Å². The van der Waals surface area contributed by atoms with E-state index < -0.39 is 44.9 Å². The minimum absolute atomic E-state index is 0.105. The van der Waals surface area contributed by atoms with Gasteiger partial charge in [-0.1, -0.05) is 12.1 Å². The average molecular weight is 428 g/mol. The zero-order valence-corrected chi connectivity index (χ0v) is 14.9. The van der Waals surface area contributed by atoms with Crippen molar-refractivity contribution >= 4 is 16.1 Å². The summed E-state index contributed by atoms with van der Waals surface area (Å²) in [5.74, 6) is -1.14. The predicted octanol–water partition coefficient (Wildman–Crippen LogP) is 0.774. The molecule has 2 aromatic rings. The maximum Gasteiger partial charge on any atom is 0.461 e. The molecular weight excluding hydrogens is 416 g/mol. The summed E-state index contributed by atoms with van der Waals surface area (Å²) >= 11 is 0. The van der Waals surface area contributed by atoms with E-state index in [2.05, 4.69) is 9.84 Å². The van der Waals surface area contributed by atoms with Gasteiger partial charge in [0.15, 0.2) is 0 Å². The largest absolute Gasteiger partial charge is 0.467 e. The van der Waals surface area contributed by atoms with Crippen LogP contribution in [0.1, 0.15) is 0 Å². The Morgan fingerprint density at radius 3 is 2.43 bits per heavy atom. The van der Waals surface area contributed by atoms with Crippen molar-refractivity contribution in [2.75, 3.05) is 7.11 Å².